The molecule has 0 radical (unpaired) electrons. The Bertz CT molecular complexity index is 977. The molecule has 0 saturated carbocycles. The zero-order valence-electron chi connectivity index (χ0n) is 15.1. The Labute approximate surface area is 157 Å². The molecule has 6 nitrogen and oxygen atoms in total. The van der Waals surface area contributed by atoms with E-state index in [4.69, 9.17) is 9.15 Å². The molecule has 3 heterocycles. The van der Waals surface area contributed by atoms with Gasteiger partial charge in [0.2, 0.25) is 0 Å². The number of ether oxygens (including phenoxy) is 1. The van der Waals surface area contributed by atoms with Gasteiger partial charge in [0.25, 0.3) is 5.91 Å². The lowest BCUT2D eigenvalue weighted by molar-refractivity contribution is 0.0419. The second-order valence-corrected chi connectivity index (χ2v) is 9.57. The van der Waals surface area contributed by atoms with Crippen LogP contribution in [0.5, 0.6) is 0 Å². The first kappa shape index (κ1) is 18.4. The number of fused-ring (bicyclic) bond motifs is 1. The fourth-order valence-electron chi connectivity index (χ4n) is 3.95. The quantitative estimate of drug-likeness (QED) is 0.796. The summed E-state index contributed by atoms with van der Waals surface area (Å²) in [7, 11) is -3.15. The van der Waals surface area contributed by atoms with Crippen LogP contribution in [0.2, 0.25) is 0 Å². The van der Waals surface area contributed by atoms with Gasteiger partial charge >= 0.3 is 0 Å². The summed E-state index contributed by atoms with van der Waals surface area (Å²) in [4.78, 5) is 14.9. The van der Waals surface area contributed by atoms with Crippen molar-refractivity contribution in [3.8, 4) is 0 Å². The Hall–Kier alpha value is -1.93. The van der Waals surface area contributed by atoms with E-state index in [0.29, 0.717) is 36.1 Å². The highest BCUT2D eigenvalue weighted by Crippen LogP contribution is 2.29. The van der Waals surface area contributed by atoms with Gasteiger partial charge in [0, 0.05) is 30.1 Å². The number of benzene rings is 1. The van der Waals surface area contributed by atoms with Crippen LogP contribution in [0.4, 0.5) is 4.39 Å². The van der Waals surface area contributed by atoms with E-state index in [9.17, 15) is 17.6 Å². The molecule has 0 unspecified atom stereocenters. The first-order valence-corrected chi connectivity index (χ1v) is 11.0. The summed E-state index contributed by atoms with van der Waals surface area (Å²) in [5, 5.41) is 0.550. The summed E-state index contributed by atoms with van der Waals surface area (Å²) in [6.45, 7) is 2.70. The Kier molecular flexibility index (Phi) is 4.71. The molecule has 1 aromatic heterocycles. The standard InChI is InChI=1S/C19H22FNO5S/c1-12-16-9-13(20)4-5-17(16)26-18(12)19(22)21(10-15-3-2-7-25-15)14-6-8-27(23,24)11-14/h4-5,9,14-15H,2-3,6-8,10-11H2,1H3/t14-,15-/m0/s1. The van der Waals surface area contributed by atoms with Gasteiger partial charge in [-0.25, -0.2) is 12.8 Å². The maximum Gasteiger partial charge on any atom is 0.290 e. The molecular weight excluding hydrogens is 373 g/mol. The number of carbonyl (C=O) groups is 1. The molecule has 2 aliphatic rings. The van der Waals surface area contributed by atoms with Crippen LogP contribution in [0.1, 0.15) is 35.4 Å². The third-order valence-electron chi connectivity index (χ3n) is 5.43. The van der Waals surface area contributed by atoms with Gasteiger partial charge in [0.1, 0.15) is 11.4 Å². The van der Waals surface area contributed by atoms with Crippen LogP contribution >= 0.6 is 0 Å². The number of hydrogen-bond donors (Lipinski definition) is 0. The van der Waals surface area contributed by atoms with Crippen molar-refractivity contribution in [2.45, 2.75) is 38.3 Å². The average molecular weight is 395 g/mol. The number of rotatable bonds is 4. The largest absolute Gasteiger partial charge is 0.451 e. The smallest absolute Gasteiger partial charge is 0.290 e. The number of nitrogens with zero attached hydrogens (tertiary/aromatic N) is 1. The average Bonchev–Trinajstić information content (AvgIpc) is 3.33. The van der Waals surface area contributed by atoms with Gasteiger partial charge in [-0.05, 0) is 44.4 Å². The topological polar surface area (TPSA) is 76.8 Å². The second kappa shape index (κ2) is 6.91. The van der Waals surface area contributed by atoms with E-state index in [1.807, 2.05) is 0 Å². The lowest BCUT2D eigenvalue weighted by Gasteiger charge is -2.30. The number of halogens is 1. The van der Waals surface area contributed by atoms with Gasteiger partial charge in [-0.2, -0.15) is 0 Å². The first-order chi connectivity index (χ1) is 12.8. The van der Waals surface area contributed by atoms with Crippen molar-refractivity contribution in [1.82, 2.24) is 4.90 Å². The summed E-state index contributed by atoms with van der Waals surface area (Å²) in [5.41, 5.74) is 1.00. The number of furan rings is 1. The summed E-state index contributed by atoms with van der Waals surface area (Å²) in [5.74, 6) is -0.584. The number of carbonyl (C=O) groups excluding carboxylic acids is 1. The number of sulfone groups is 1. The number of aryl methyl sites for hydroxylation is 1. The molecular formula is C19H22FNO5S. The van der Waals surface area contributed by atoms with Crippen molar-refractivity contribution in [2.24, 2.45) is 0 Å². The third kappa shape index (κ3) is 3.60. The zero-order valence-corrected chi connectivity index (χ0v) is 15.9. The van der Waals surface area contributed by atoms with Gasteiger partial charge in [-0.3, -0.25) is 4.79 Å². The predicted octanol–water partition coefficient (Wildman–Crippen LogP) is 2.69. The van der Waals surface area contributed by atoms with Crippen molar-refractivity contribution in [2.75, 3.05) is 24.7 Å². The van der Waals surface area contributed by atoms with E-state index >= 15 is 0 Å². The second-order valence-electron chi connectivity index (χ2n) is 7.35. The molecule has 2 saturated heterocycles. The highest BCUT2D eigenvalue weighted by Gasteiger charge is 2.38. The number of amides is 1. The van der Waals surface area contributed by atoms with Gasteiger partial charge in [0.15, 0.2) is 15.6 Å². The van der Waals surface area contributed by atoms with E-state index in [-0.39, 0.29) is 29.3 Å². The Morgan fingerprint density at radius 2 is 2.15 bits per heavy atom. The van der Waals surface area contributed by atoms with Crippen LogP contribution in [0, 0.1) is 12.7 Å². The maximum atomic E-state index is 13.6. The molecule has 0 bridgehead atoms. The van der Waals surface area contributed by atoms with Gasteiger partial charge in [0.05, 0.1) is 17.6 Å². The van der Waals surface area contributed by atoms with E-state index in [0.717, 1.165) is 12.8 Å². The normalized spacial score (nSPS) is 24.5. The molecule has 2 fully saturated rings. The minimum Gasteiger partial charge on any atom is -0.451 e. The summed E-state index contributed by atoms with van der Waals surface area (Å²) >= 11 is 0. The molecule has 8 heteroatoms. The lowest BCUT2D eigenvalue weighted by atomic mass is 10.1. The van der Waals surface area contributed by atoms with Crippen LogP contribution in [-0.4, -0.2) is 56.0 Å². The van der Waals surface area contributed by atoms with Crippen molar-refractivity contribution in [1.29, 1.82) is 0 Å². The summed E-state index contributed by atoms with van der Waals surface area (Å²) in [6, 6.07) is 3.73. The van der Waals surface area contributed by atoms with Gasteiger partial charge < -0.3 is 14.1 Å². The first-order valence-electron chi connectivity index (χ1n) is 9.16. The molecule has 27 heavy (non-hydrogen) atoms. The van der Waals surface area contributed by atoms with Gasteiger partial charge in [-0.1, -0.05) is 0 Å². The molecule has 0 aliphatic carbocycles. The summed E-state index contributed by atoms with van der Waals surface area (Å²) in [6.07, 6.45) is 2.08. The Morgan fingerprint density at radius 1 is 1.33 bits per heavy atom. The van der Waals surface area contributed by atoms with Crippen LogP contribution in [0.25, 0.3) is 11.0 Å². The zero-order chi connectivity index (χ0) is 19.2. The van der Waals surface area contributed by atoms with E-state index in [1.165, 1.54) is 18.2 Å². The summed E-state index contributed by atoms with van der Waals surface area (Å²) < 4.78 is 48.9. The maximum absolute atomic E-state index is 13.6. The molecule has 1 amide bonds. The van der Waals surface area contributed by atoms with E-state index in [1.54, 1.807) is 11.8 Å². The van der Waals surface area contributed by atoms with Crippen LogP contribution < -0.4 is 0 Å². The van der Waals surface area contributed by atoms with Crippen LogP contribution in [0.3, 0.4) is 0 Å². The van der Waals surface area contributed by atoms with Crippen molar-refractivity contribution >= 4 is 26.7 Å². The third-order valence-corrected chi connectivity index (χ3v) is 7.18. The fraction of sp³-hybridized carbons (Fsp3) is 0.526. The van der Waals surface area contributed by atoms with Crippen molar-refractivity contribution in [3.05, 3.63) is 35.3 Å². The molecule has 0 spiro atoms. The lowest BCUT2D eigenvalue weighted by Crippen LogP contribution is -2.45. The molecule has 1 aromatic carbocycles. The molecule has 2 aliphatic heterocycles. The predicted molar refractivity (Wildman–Crippen MR) is 98.0 cm³/mol. The molecule has 4 rings (SSSR count). The van der Waals surface area contributed by atoms with Gasteiger partial charge in [-0.15, -0.1) is 0 Å². The SMILES string of the molecule is Cc1c(C(=O)N(C[C@@H]2CCCO2)[C@H]2CCS(=O)(=O)C2)oc2ccc(F)cc12. The Balaban J connectivity index is 1.68. The van der Waals surface area contributed by atoms with Crippen LogP contribution in [0.15, 0.2) is 22.6 Å². The highest BCUT2D eigenvalue weighted by atomic mass is 32.2. The van der Waals surface area contributed by atoms with E-state index in [2.05, 4.69) is 0 Å². The Morgan fingerprint density at radius 3 is 2.81 bits per heavy atom. The molecule has 146 valence electrons. The highest BCUT2D eigenvalue weighted by molar-refractivity contribution is 7.91. The molecule has 0 N–H and O–H groups in total. The molecule has 2 aromatic rings. The van der Waals surface area contributed by atoms with E-state index < -0.39 is 21.7 Å². The van der Waals surface area contributed by atoms with Crippen LogP contribution in [-0.2, 0) is 14.6 Å². The van der Waals surface area contributed by atoms with Crippen molar-refractivity contribution < 1.29 is 26.8 Å². The minimum absolute atomic E-state index is 0.0423. The fourth-order valence-corrected chi connectivity index (χ4v) is 5.68. The minimum atomic E-state index is -3.15. The van der Waals surface area contributed by atoms with Crippen molar-refractivity contribution in [3.63, 3.8) is 0 Å². The molecule has 2 atom stereocenters. The monoisotopic (exact) mass is 395 g/mol. The number of hydrogen-bond acceptors (Lipinski definition) is 5.